The quantitative estimate of drug-likeness (QED) is 0.778. The van der Waals surface area contributed by atoms with Crippen molar-refractivity contribution in [1.29, 1.82) is 0 Å². The molecule has 0 aliphatic rings. The first-order valence-electron chi connectivity index (χ1n) is 6.12. The first kappa shape index (κ1) is 13.7. The summed E-state index contributed by atoms with van der Waals surface area (Å²) in [5.74, 6) is 1.30. The van der Waals surface area contributed by atoms with Gasteiger partial charge in [-0.25, -0.2) is 4.98 Å². The fourth-order valence-electron chi connectivity index (χ4n) is 1.53. The van der Waals surface area contributed by atoms with E-state index in [9.17, 15) is 0 Å². The zero-order chi connectivity index (χ0) is 12.7. The molecule has 1 aromatic rings. The molecule has 0 bridgehead atoms. The van der Waals surface area contributed by atoms with Crippen molar-refractivity contribution in [2.45, 2.75) is 33.3 Å². The summed E-state index contributed by atoms with van der Waals surface area (Å²) in [4.78, 5) is 10.7. The second-order valence-electron chi connectivity index (χ2n) is 4.14. The summed E-state index contributed by atoms with van der Waals surface area (Å²) in [7, 11) is 0. The summed E-state index contributed by atoms with van der Waals surface area (Å²) >= 11 is 0. The Labute approximate surface area is 103 Å². The smallest absolute Gasteiger partial charge is 0.228 e. The van der Waals surface area contributed by atoms with Gasteiger partial charge in [-0.3, -0.25) is 0 Å². The van der Waals surface area contributed by atoms with Gasteiger partial charge in [0.25, 0.3) is 0 Å². The highest BCUT2D eigenvalue weighted by Gasteiger charge is 2.09. The Kier molecular flexibility index (Phi) is 5.69. The third kappa shape index (κ3) is 4.56. The van der Waals surface area contributed by atoms with Gasteiger partial charge < -0.3 is 15.4 Å². The van der Waals surface area contributed by atoms with Gasteiger partial charge in [0.05, 0.1) is 6.10 Å². The Balaban J connectivity index is 2.79. The highest BCUT2D eigenvalue weighted by molar-refractivity contribution is 5.31. The molecule has 0 amide bonds. The molecule has 0 saturated carbocycles. The van der Waals surface area contributed by atoms with Crippen molar-refractivity contribution < 1.29 is 4.74 Å². The van der Waals surface area contributed by atoms with Crippen molar-refractivity contribution in [1.82, 2.24) is 9.97 Å². The highest BCUT2D eigenvalue weighted by atomic mass is 16.5. The summed E-state index contributed by atoms with van der Waals surface area (Å²) < 4.78 is 5.55. The lowest BCUT2D eigenvalue weighted by atomic mass is 10.4. The Hall–Kier alpha value is -1.36. The molecule has 0 spiro atoms. The molecular formula is C12H22N4O. The average Bonchev–Trinajstić information content (AvgIpc) is 2.28. The Morgan fingerprint density at radius 1 is 1.41 bits per heavy atom. The maximum absolute atomic E-state index is 5.59. The van der Waals surface area contributed by atoms with Gasteiger partial charge >= 0.3 is 0 Å². The van der Waals surface area contributed by atoms with Crippen molar-refractivity contribution in [3.05, 3.63) is 12.3 Å². The van der Waals surface area contributed by atoms with Crippen molar-refractivity contribution in [3.8, 4) is 5.88 Å². The molecule has 17 heavy (non-hydrogen) atoms. The number of rotatable bonds is 7. The normalized spacial score (nSPS) is 10.6. The minimum Gasteiger partial charge on any atom is -0.475 e. The minimum atomic E-state index is 0.117. The highest BCUT2D eigenvalue weighted by Crippen LogP contribution is 2.13. The molecule has 0 radical (unpaired) electrons. The number of anilines is 1. The van der Waals surface area contributed by atoms with Crippen LogP contribution < -0.4 is 15.4 Å². The van der Waals surface area contributed by atoms with Crippen molar-refractivity contribution in [2.24, 2.45) is 5.73 Å². The van der Waals surface area contributed by atoms with E-state index in [0.29, 0.717) is 18.4 Å². The van der Waals surface area contributed by atoms with E-state index in [0.717, 1.165) is 19.5 Å². The van der Waals surface area contributed by atoms with Crippen LogP contribution in [0.25, 0.3) is 0 Å². The van der Waals surface area contributed by atoms with Gasteiger partial charge in [-0.1, -0.05) is 6.92 Å². The molecule has 0 saturated heterocycles. The van der Waals surface area contributed by atoms with Crippen molar-refractivity contribution in [2.75, 3.05) is 24.5 Å². The first-order chi connectivity index (χ1) is 8.17. The van der Waals surface area contributed by atoms with Gasteiger partial charge in [-0.15, -0.1) is 0 Å². The summed E-state index contributed by atoms with van der Waals surface area (Å²) in [6.45, 7) is 8.34. The number of nitrogens with two attached hydrogens (primary N) is 1. The lowest BCUT2D eigenvalue weighted by Crippen LogP contribution is -2.31. The molecule has 0 fully saturated rings. The third-order valence-corrected chi connectivity index (χ3v) is 2.15. The van der Waals surface area contributed by atoms with E-state index in [1.165, 1.54) is 0 Å². The van der Waals surface area contributed by atoms with Crippen molar-refractivity contribution >= 4 is 5.95 Å². The predicted molar refractivity (Wildman–Crippen MR) is 69.4 cm³/mol. The molecule has 1 rings (SSSR count). The zero-order valence-electron chi connectivity index (χ0n) is 10.9. The summed E-state index contributed by atoms with van der Waals surface area (Å²) in [6.07, 6.45) is 2.88. The van der Waals surface area contributed by atoms with Crippen LogP contribution in [0.15, 0.2) is 12.3 Å². The van der Waals surface area contributed by atoms with Crippen LogP contribution in [0.3, 0.4) is 0 Å². The van der Waals surface area contributed by atoms with E-state index in [1.54, 1.807) is 12.3 Å². The number of ether oxygens (including phenoxy) is 1. The summed E-state index contributed by atoms with van der Waals surface area (Å²) in [5, 5.41) is 0. The van der Waals surface area contributed by atoms with Gasteiger partial charge in [0, 0.05) is 31.9 Å². The van der Waals surface area contributed by atoms with Crippen LogP contribution in [0.1, 0.15) is 27.2 Å². The number of hydrogen-bond acceptors (Lipinski definition) is 5. The lowest BCUT2D eigenvalue weighted by molar-refractivity contribution is 0.232. The fraction of sp³-hybridized carbons (Fsp3) is 0.667. The molecular weight excluding hydrogens is 216 g/mol. The molecule has 0 aliphatic heterocycles. The summed E-state index contributed by atoms with van der Waals surface area (Å²) in [6, 6.07) is 1.77. The Bertz CT molecular complexity index is 324. The van der Waals surface area contributed by atoms with Gasteiger partial charge in [-0.2, -0.15) is 4.98 Å². The molecule has 2 N–H and O–H groups in total. The second-order valence-corrected chi connectivity index (χ2v) is 4.14. The second kappa shape index (κ2) is 7.06. The zero-order valence-corrected chi connectivity index (χ0v) is 10.9. The average molecular weight is 238 g/mol. The SMILES string of the molecule is CCCN(CCN)c1nccc(OC(C)C)n1. The molecule has 1 aromatic heterocycles. The Morgan fingerprint density at radius 3 is 2.76 bits per heavy atom. The maximum Gasteiger partial charge on any atom is 0.228 e. The molecule has 5 heteroatoms. The van der Waals surface area contributed by atoms with Gasteiger partial charge in [0.2, 0.25) is 11.8 Å². The van der Waals surface area contributed by atoms with Crippen LogP contribution in [0.2, 0.25) is 0 Å². The van der Waals surface area contributed by atoms with E-state index >= 15 is 0 Å². The predicted octanol–water partition coefficient (Wildman–Crippen LogP) is 1.44. The van der Waals surface area contributed by atoms with Gasteiger partial charge in [0.15, 0.2) is 0 Å². The van der Waals surface area contributed by atoms with Gasteiger partial charge in [-0.05, 0) is 20.3 Å². The van der Waals surface area contributed by atoms with Crippen LogP contribution in [0, 0.1) is 0 Å². The number of nitrogens with zero attached hydrogens (tertiary/aromatic N) is 3. The van der Waals surface area contributed by atoms with Crippen molar-refractivity contribution in [3.63, 3.8) is 0 Å². The Morgan fingerprint density at radius 2 is 2.18 bits per heavy atom. The molecule has 1 heterocycles. The van der Waals surface area contributed by atoms with E-state index in [1.807, 2.05) is 13.8 Å². The monoisotopic (exact) mass is 238 g/mol. The maximum atomic E-state index is 5.59. The third-order valence-electron chi connectivity index (χ3n) is 2.15. The van der Waals surface area contributed by atoms with Crippen LogP contribution in [0.5, 0.6) is 5.88 Å². The molecule has 0 unspecified atom stereocenters. The largest absolute Gasteiger partial charge is 0.475 e. The standard InChI is InChI=1S/C12H22N4O/c1-4-8-16(9-6-13)12-14-7-5-11(15-12)17-10(2)3/h5,7,10H,4,6,8-9,13H2,1-3H3. The summed E-state index contributed by atoms with van der Waals surface area (Å²) in [5.41, 5.74) is 5.59. The molecule has 5 nitrogen and oxygen atoms in total. The number of hydrogen-bond donors (Lipinski definition) is 1. The van der Waals surface area contributed by atoms with Crippen LogP contribution >= 0.6 is 0 Å². The number of aromatic nitrogens is 2. The van der Waals surface area contributed by atoms with E-state index < -0.39 is 0 Å². The minimum absolute atomic E-state index is 0.117. The van der Waals surface area contributed by atoms with Crippen LogP contribution in [-0.2, 0) is 0 Å². The van der Waals surface area contributed by atoms with Crippen LogP contribution in [-0.4, -0.2) is 35.7 Å². The fourth-order valence-corrected chi connectivity index (χ4v) is 1.53. The topological polar surface area (TPSA) is 64.3 Å². The lowest BCUT2D eigenvalue weighted by Gasteiger charge is -2.21. The van der Waals surface area contributed by atoms with Gasteiger partial charge in [0.1, 0.15) is 0 Å². The van der Waals surface area contributed by atoms with E-state index in [4.69, 9.17) is 10.5 Å². The molecule has 0 aromatic carbocycles. The first-order valence-corrected chi connectivity index (χ1v) is 6.12. The molecule has 0 aliphatic carbocycles. The van der Waals surface area contributed by atoms with E-state index in [-0.39, 0.29) is 6.10 Å². The van der Waals surface area contributed by atoms with E-state index in [2.05, 4.69) is 21.8 Å². The molecule has 0 atom stereocenters. The molecule has 96 valence electrons. The van der Waals surface area contributed by atoms with Crippen LogP contribution in [0.4, 0.5) is 5.95 Å².